The molecule has 1 unspecified atom stereocenters. The molecule has 1 aliphatic heterocycles. The highest BCUT2D eigenvalue weighted by Crippen LogP contribution is 2.17. The highest BCUT2D eigenvalue weighted by Gasteiger charge is 2.23. The molecule has 2 heterocycles. The third-order valence-corrected chi connectivity index (χ3v) is 2.90. The molecular formula is C10H14N4O2S. The minimum Gasteiger partial charge on any atom is -0.389 e. The largest absolute Gasteiger partial charge is 0.389 e. The summed E-state index contributed by atoms with van der Waals surface area (Å²) in [6.45, 7) is 1.19. The van der Waals surface area contributed by atoms with Gasteiger partial charge in [0.15, 0.2) is 0 Å². The number of aromatic nitrogens is 2. The van der Waals surface area contributed by atoms with Gasteiger partial charge in [-0.05, 0) is 12.8 Å². The molecule has 1 amide bonds. The smallest absolute Gasteiger partial charge is 0.230 e. The van der Waals surface area contributed by atoms with E-state index in [0.717, 1.165) is 19.4 Å². The molecule has 4 N–H and O–H groups in total. The van der Waals surface area contributed by atoms with Gasteiger partial charge in [-0.15, -0.1) is 0 Å². The number of carbonyl (C=O) groups excluding carboxylic acids is 1. The third kappa shape index (κ3) is 2.80. The number of H-pyrrole nitrogens is 1. The summed E-state index contributed by atoms with van der Waals surface area (Å²) in [5.41, 5.74) is 6.06. The lowest BCUT2D eigenvalue weighted by Gasteiger charge is -2.20. The van der Waals surface area contributed by atoms with Gasteiger partial charge in [-0.25, -0.2) is 0 Å². The Kier molecular flexibility index (Phi) is 3.70. The number of rotatable bonds is 3. The normalized spacial score (nSPS) is 19.9. The number of hydrogen-bond acceptors (Lipinski definition) is 4. The van der Waals surface area contributed by atoms with Crippen molar-refractivity contribution in [3.05, 3.63) is 11.8 Å². The van der Waals surface area contributed by atoms with E-state index in [2.05, 4.69) is 15.5 Å². The first kappa shape index (κ1) is 12.0. The molecule has 17 heavy (non-hydrogen) atoms. The van der Waals surface area contributed by atoms with Crippen LogP contribution in [0, 0.1) is 5.92 Å². The SMILES string of the molecule is NC(=S)c1cn[nH]c1NC(=O)C1CCCOC1. The van der Waals surface area contributed by atoms with Gasteiger partial charge in [0, 0.05) is 6.61 Å². The summed E-state index contributed by atoms with van der Waals surface area (Å²) in [6.07, 6.45) is 3.24. The minimum atomic E-state index is -0.119. The molecule has 0 saturated carbocycles. The van der Waals surface area contributed by atoms with Gasteiger partial charge in [0.05, 0.1) is 24.3 Å². The number of carbonyl (C=O) groups is 1. The number of ether oxygens (including phenoxy) is 1. The van der Waals surface area contributed by atoms with Crippen molar-refractivity contribution in [1.29, 1.82) is 0 Å². The van der Waals surface area contributed by atoms with Gasteiger partial charge in [-0.2, -0.15) is 5.10 Å². The Morgan fingerprint density at radius 2 is 2.53 bits per heavy atom. The molecule has 7 heteroatoms. The summed E-state index contributed by atoms with van der Waals surface area (Å²) in [4.78, 5) is 12.1. The summed E-state index contributed by atoms with van der Waals surface area (Å²) >= 11 is 4.85. The van der Waals surface area contributed by atoms with Crippen molar-refractivity contribution in [3.63, 3.8) is 0 Å². The zero-order chi connectivity index (χ0) is 12.3. The fourth-order valence-corrected chi connectivity index (χ4v) is 1.90. The van der Waals surface area contributed by atoms with Gasteiger partial charge in [0.2, 0.25) is 5.91 Å². The van der Waals surface area contributed by atoms with E-state index in [1.54, 1.807) is 0 Å². The lowest BCUT2D eigenvalue weighted by molar-refractivity contribution is -0.123. The van der Waals surface area contributed by atoms with E-state index in [1.807, 2.05) is 0 Å². The lowest BCUT2D eigenvalue weighted by atomic mass is 10.0. The molecule has 0 bridgehead atoms. The average molecular weight is 254 g/mol. The van der Waals surface area contributed by atoms with E-state index >= 15 is 0 Å². The van der Waals surface area contributed by atoms with E-state index in [1.165, 1.54) is 6.20 Å². The lowest BCUT2D eigenvalue weighted by Crippen LogP contribution is -2.30. The molecule has 0 radical (unpaired) electrons. The maximum absolute atomic E-state index is 11.9. The topological polar surface area (TPSA) is 93.0 Å². The van der Waals surface area contributed by atoms with Crippen LogP contribution < -0.4 is 11.1 Å². The van der Waals surface area contributed by atoms with Gasteiger partial charge in [0.1, 0.15) is 10.8 Å². The Hall–Kier alpha value is -1.47. The molecule has 6 nitrogen and oxygen atoms in total. The van der Waals surface area contributed by atoms with Crippen LogP contribution in [0.2, 0.25) is 0 Å². The minimum absolute atomic E-state index is 0.0912. The number of nitrogens with zero attached hydrogens (tertiary/aromatic N) is 1. The first-order valence-corrected chi connectivity index (χ1v) is 5.81. The molecule has 1 aromatic rings. The Morgan fingerprint density at radius 1 is 1.71 bits per heavy atom. The fourth-order valence-electron chi connectivity index (χ4n) is 1.74. The van der Waals surface area contributed by atoms with Crippen LogP contribution in [0.1, 0.15) is 18.4 Å². The average Bonchev–Trinajstić information content (AvgIpc) is 2.78. The highest BCUT2D eigenvalue weighted by molar-refractivity contribution is 7.80. The summed E-state index contributed by atoms with van der Waals surface area (Å²) in [5.74, 6) is 0.241. The van der Waals surface area contributed by atoms with E-state index in [4.69, 9.17) is 22.7 Å². The number of nitrogens with one attached hydrogen (secondary N) is 2. The molecule has 1 saturated heterocycles. The highest BCUT2D eigenvalue weighted by atomic mass is 32.1. The molecule has 92 valence electrons. The molecule has 1 fully saturated rings. The van der Waals surface area contributed by atoms with Crippen molar-refractivity contribution in [2.24, 2.45) is 11.7 Å². The molecule has 1 aromatic heterocycles. The first-order valence-electron chi connectivity index (χ1n) is 5.40. The van der Waals surface area contributed by atoms with Gasteiger partial charge in [-0.1, -0.05) is 12.2 Å². The van der Waals surface area contributed by atoms with Crippen molar-refractivity contribution in [1.82, 2.24) is 10.2 Å². The van der Waals surface area contributed by atoms with Crippen molar-refractivity contribution in [2.75, 3.05) is 18.5 Å². The fraction of sp³-hybridized carbons (Fsp3) is 0.500. The molecule has 1 atom stereocenters. The predicted octanol–water partition coefficient (Wildman–Crippen LogP) is 0.409. The van der Waals surface area contributed by atoms with Crippen LogP contribution >= 0.6 is 12.2 Å². The predicted molar refractivity (Wildman–Crippen MR) is 66.6 cm³/mol. The van der Waals surface area contributed by atoms with Gasteiger partial charge < -0.3 is 15.8 Å². The van der Waals surface area contributed by atoms with E-state index in [0.29, 0.717) is 18.0 Å². The van der Waals surface area contributed by atoms with Crippen molar-refractivity contribution in [3.8, 4) is 0 Å². The van der Waals surface area contributed by atoms with Crippen molar-refractivity contribution < 1.29 is 9.53 Å². The number of aromatic amines is 1. The molecule has 1 aliphatic rings. The number of hydrogen-bond donors (Lipinski definition) is 3. The van der Waals surface area contributed by atoms with E-state index in [-0.39, 0.29) is 16.8 Å². The van der Waals surface area contributed by atoms with Crippen LogP contribution in [0.5, 0.6) is 0 Å². The van der Waals surface area contributed by atoms with Crippen LogP contribution in [0.15, 0.2) is 6.20 Å². The van der Waals surface area contributed by atoms with Gasteiger partial charge in [0.25, 0.3) is 0 Å². The van der Waals surface area contributed by atoms with Crippen LogP contribution in [0.4, 0.5) is 5.82 Å². The Labute approximate surface area is 104 Å². The third-order valence-electron chi connectivity index (χ3n) is 2.68. The molecule has 2 rings (SSSR count). The van der Waals surface area contributed by atoms with Crippen molar-refractivity contribution >= 4 is 28.9 Å². The van der Waals surface area contributed by atoms with Crippen LogP contribution in [0.3, 0.4) is 0 Å². The Bertz CT molecular complexity index is 426. The molecule has 0 aromatic carbocycles. The molecular weight excluding hydrogens is 240 g/mol. The van der Waals surface area contributed by atoms with Gasteiger partial charge in [-0.3, -0.25) is 9.89 Å². The van der Waals surface area contributed by atoms with E-state index < -0.39 is 0 Å². The number of amides is 1. The zero-order valence-corrected chi connectivity index (χ0v) is 10.0. The second-order valence-electron chi connectivity index (χ2n) is 3.93. The summed E-state index contributed by atoms with van der Waals surface area (Å²) in [6, 6.07) is 0. The second-order valence-corrected chi connectivity index (χ2v) is 4.37. The monoisotopic (exact) mass is 254 g/mol. The second kappa shape index (κ2) is 5.24. The van der Waals surface area contributed by atoms with Crippen LogP contribution in [-0.4, -0.2) is 34.3 Å². The maximum atomic E-state index is 11.9. The Morgan fingerprint density at radius 3 is 3.18 bits per heavy atom. The summed E-state index contributed by atoms with van der Waals surface area (Å²) in [5, 5.41) is 9.21. The van der Waals surface area contributed by atoms with Crippen LogP contribution in [-0.2, 0) is 9.53 Å². The van der Waals surface area contributed by atoms with E-state index in [9.17, 15) is 4.79 Å². The van der Waals surface area contributed by atoms with Gasteiger partial charge >= 0.3 is 0 Å². The number of thiocarbonyl (C=S) groups is 1. The molecule has 0 aliphatic carbocycles. The first-order chi connectivity index (χ1) is 8.18. The Balaban J connectivity index is 2.02. The summed E-state index contributed by atoms with van der Waals surface area (Å²) < 4.78 is 5.26. The number of nitrogens with two attached hydrogens (primary N) is 1. The standard InChI is InChI=1S/C10H14N4O2S/c11-8(17)7-4-12-14-9(7)13-10(15)6-2-1-3-16-5-6/h4,6H,1-3,5H2,(H2,11,17)(H2,12,13,14,15). The summed E-state index contributed by atoms with van der Waals surface area (Å²) in [7, 11) is 0. The maximum Gasteiger partial charge on any atom is 0.230 e. The number of anilines is 1. The van der Waals surface area contributed by atoms with Crippen molar-refractivity contribution in [2.45, 2.75) is 12.8 Å². The molecule has 0 spiro atoms. The van der Waals surface area contributed by atoms with Crippen LogP contribution in [0.25, 0.3) is 0 Å². The zero-order valence-electron chi connectivity index (χ0n) is 9.23. The quantitative estimate of drug-likeness (QED) is 0.679.